The van der Waals surface area contributed by atoms with Gasteiger partial charge in [-0.2, -0.15) is 0 Å². The highest BCUT2D eigenvalue weighted by Gasteiger charge is 2.26. The van der Waals surface area contributed by atoms with E-state index in [-0.39, 0.29) is 6.16 Å². The minimum absolute atomic E-state index is 0.101. The minimum atomic E-state index is -2.64. The lowest BCUT2D eigenvalue weighted by Gasteiger charge is -2.23. The molecular weight excluding hydrogens is 335 g/mol. The zero-order valence-corrected chi connectivity index (χ0v) is 14.6. The Morgan fingerprint density at radius 3 is 1.52 bits per heavy atom. The molecule has 130 valence electrons. The van der Waals surface area contributed by atoms with Crippen LogP contribution < -0.4 is 10.6 Å². The molecule has 0 aliphatic heterocycles. The summed E-state index contributed by atoms with van der Waals surface area (Å²) in [6.07, 6.45) is 9.55. The summed E-state index contributed by atoms with van der Waals surface area (Å²) in [5, 5.41) is 29.7. The van der Waals surface area contributed by atoms with Crippen LogP contribution in [0.3, 0.4) is 0 Å². The summed E-state index contributed by atoms with van der Waals surface area (Å²) in [7, 11) is -0.989. The fourth-order valence-electron chi connectivity index (χ4n) is 1.93. The summed E-state index contributed by atoms with van der Waals surface area (Å²) in [6, 6.07) is 19.2. The first kappa shape index (κ1) is 20.9. The quantitative estimate of drug-likeness (QED) is 0.313. The molecule has 0 unspecified atom stereocenters. The molecule has 3 N–H and O–H groups in total. The lowest BCUT2D eigenvalue weighted by Crippen LogP contribution is -2.34. The van der Waals surface area contributed by atoms with Gasteiger partial charge in [0.05, 0.1) is 6.16 Å². The van der Waals surface area contributed by atoms with Crippen LogP contribution in [0.2, 0.25) is 0 Å². The van der Waals surface area contributed by atoms with Gasteiger partial charge in [-0.25, -0.2) is 0 Å². The Balaban J connectivity index is 0.000000381. The summed E-state index contributed by atoms with van der Waals surface area (Å²) in [5.74, 6) is 1.93. The van der Waals surface area contributed by atoms with Crippen molar-refractivity contribution in [3.63, 3.8) is 0 Å². The van der Waals surface area contributed by atoms with E-state index in [1.807, 2.05) is 60.7 Å². The van der Waals surface area contributed by atoms with Crippen LogP contribution in [0.5, 0.6) is 0 Å². The van der Waals surface area contributed by atoms with Crippen LogP contribution in [0.1, 0.15) is 0 Å². The molecule has 0 amide bonds. The van der Waals surface area contributed by atoms with Crippen molar-refractivity contribution in [2.45, 2.75) is 5.97 Å². The van der Waals surface area contributed by atoms with Gasteiger partial charge in [0.15, 0.2) is 0 Å². The average Bonchev–Trinajstić information content (AvgIpc) is 2.61. The molecule has 0 atom stereocenters. The summed E-state index contributed by atoms with van der Waals surface area (Å²) < 4.78 is 4.66. The van der Waals surface area contributed by atoms with Crippen molar-refractivity contribution in [3.05, 3.63) is 60.7 Å². The molecule has 0 radical (unpaired) electrons. The highest BCUT2D eigenvalue weighted by atomic mass is 31.1. The fraction of sp³-hybridized carbons (Fsp3) is 0.200. The molecule has 2 aromatic rings. The molecule has 2 aromatic carbocycles. The van der Waals surface area contributed by atoms with Gasteiger partial charge in [0.25, 0.3) is 5.97 Å². The molecule has 0 aromatic heterocycles. The van der Waals surface area contributed by atoms with Crippen molar-refractivity contribution >= 4 is 18.5 Å². The van der Waals surface area contributed by atoms with Crippen LogP contribution in [0, 0.1) is 24.7 Å². The van der Waals surface area contributed by atoms with E-state index < -0.39 is 13.9 Å². The third kappa shape index (κ3) is 9.03. The van der Waals surface area contributed by atoms with Gasteiger partial charge in [0.2, 0.25) is 0 Å². The molecule has 5 heteroatoms. The Bertz CT molecular complexity index is 628. The third-order valence-corrected chi connectivity index (χ3v) is 5.46. The Morgan fingerprint density at radius 1 is 0.800 bits per heavy atom. The second kappa shape index (κ2) is 11.4. The van der Waals surface area contributed by atoms with Crippen LogP contribution in [0.25, 0.3) is 0 Å². The van der Waals surface area contributed by atoms with Gasteiger partial charge < -0.3 is 20.1 Å². The Morgan fingerprint density at radius 2 is 1.20 bits per heavy atom. The molecule has 25 heavy (non-hydrogen) atoms. The highest BCUT2D eigenvalue weighted by Crippen LogP contribution is 2.35. The van der Waals surface area contributed by atoms with Crippen molar-refractivity contribution in [3.8, 4) is 24.7 Å². The van der Waals surface area contributed by atoms with E-state index >= 15 is 0 Å². The largest absolute Gasteiger partial charge is 0.356 e. The van der Waals surface area contributed by atoms with Gasteiger partial charge in [0.1, 0.15) is 13.2 Å². The second-order valence-corrected chi connectivity index (χ2v) is 7.14. The van der Waals surface area contributed by atoms with E-state index in [2.05, 4.69) is 16.6 Å². The molecule has 0 fully saturated rings. The number of rotatable bonds is 6. The maximum absolute atomic E-state index is 9.24. The molecular formula is C20H21O4P. The standard InChI is InChI=1S/C14H15O3P.C6H6O/c15-14(16,17)11-18(12-7-3-1-4-8-12)13-9-5-2-6-10-13;1-3-5-7-6-4-2/h1-10,15-17H,11H2;1-2H,5-6H2. The monoisotopic (exact) mass is 356 g/mol. The summed E-state index contributed by atoms with van der Waals surface area (Å²) in [6.45, 7) is 0.619. The predicted octanol–water partition coefficient (Wildman–Crippen LogP) is 1.02. The Hall–Kier alpha value is -2.17. The number of ether oxygens (including phenoxy) is 1. The van der Waals surface area contributed by atoms with E-state index in [9.17, 15) is 15.3 Å². The van der Waals surface area contributed by atoms with E-state index in [4.69, 9.17) is 12.8 Å². The van der Waals surface area contributed by atoms with Gasteiger partial charge >= 0.3 is 0 Å². The summed E-state index contributed by atoms with van der Waals surface area (Å²) in [5.41, 5.74) is 0. The summed E-state index contributed by atoms with van der Waals surface area (Å²) in [4.78, 5) is 0. The SMILES string of the molecule is C#CCOCC#C.OC(O)(O)CP(c1ccccc1)c1ccccc1. The predicted molar refractivity (Wildman–Crippen MR) is 102 cm³/mol. The molecule has 0 saturated carbocycles. The first-order valence-corrected chi connectivity index (χ1v) is 9.00. The lowest BCUT2D eigenvalue weighted by atomic mass is 10.4. The van der Waals surface area contributed by atoms with Gasteiger partial charge in [-0.1, -0.05) is 72.5 Å². The topological polar surface area (TPSA) is 69.9 Å². The van der Waals surface area contributed by atoms with Crippen LogP contribution in [-0.4, -0.2) is 40.7 Å². The molecule has 0 heterocycles. The van der Waals surface area contributed by atoms with Gasteiger partial charge in [-0.3, -0.25) is 0 Å². The fourth-order valence-corrected chi connectivity index (χ4v) is 4.08. The van der Waals surface area contributed by atoms with Crippen molar-refractivity contribution < 1.29 is 20.1 Å². The molecule has 0 aliphatic carbocycles. The lowest BCUT2D eigenvalue weighted by molar-refractivity contribution is -0.293. The number of hydrogen-bond donors (Lipinski definition) is 3. The van der Waals surface area contributed by atoms with Gasteiger partial charge in [-0.15, -0.1) is 12.8 Å². The maximum atomic E-state index is 9.24. The number of terminal acetylenes is 2. The molecule has 4 nitrogen and oxygen atoms in total. The van der Waals surface area contributed by atoms with Gasteiger partial charge in [-0.05, 0) is 18.5 Å². The third-order valence-electron chi connectivity index (χ3n) is 2.88. The zero-order valence-electron chi connectivity index (χ0n) is 13.7. The molecule has 0 aliphatic rings. The van der Waals surface area contributed by atoms with E-state index in [0.29, 0.717) is 13.2 Å². The minimum Gasteiger partial charge on any atom is -0.356 e. The molecule has 2 rings (SSSR count). The Kier molecular flexibility index (Phi) is 9.51. The van der Waals surface area contributed by atoms with Crippen LogP contribution in [-0.2, 0) is 4.74 Å². The number of aliphatic hydroxyl groups is 3. The molecule has 0 bridgehead atoms. The van der Waals surface area contributed by atoms with Crippen LogP contribution >= 0.6 is 7.92 Å². The zero-order chi connectivity index (χ0) is 18.5. The maximum Gasteiger partial charge on any atom is 0.280 e. The molecule has 0 spiro atoms. The molecule has 0 saturated heterocycles. The van der Waals surface area contributed by atoms with Crippen LogP contribution in [0.4, 0.5) is 0 Å². The first-order valence-electron chi connectivity index (χ1n) is 7.47. The number of benzene rings is 2. The highest BCUT2D eigenvalue weighted by molar-refractivity contribution is 7.73. The van der Waals surface area contributed by atoms with Crippen molar-refractivity contribution in [2.24, 2.45) is 0 Å². The average molecular weight is 356 g/mol. The first-order chi connectivity index (χ1) is 12.0. The van der Waals surface area contributed by atoms with Crippen LogP contribution in [0.15, 0.2) is 60.7 Å². The van der Waals surface area contributed by atoms with Crippen molar-refractivity contribution in [1.29, 1.82) is 0 Å². The van der Waals surface area contributed by atoms with E-state index in [1.54, 1.807) is 0 Å². The van der Waals surface area contributed by atoms with Crippen molar-refractivity contribution in [1.82, 2.24) is 0 Å². The number of hydrogen-bond acceptors (Lipinski definition) is 4. The summed E-state index contributed by atoms with van der Waals surface area (Å²) >= 11 is 0. The van der Waals surface area contributed by atoms with Gasteiger partial charge in [0, 0.05) is 0 Å². The second-order valence-electron chi connectivity index (χ2n) is 4.93. The Labute approximate surface area is 149 Å². The van der Waals surface area contributed by atoms with E-state index in [1.165, 1.54) is 0 Å². The van der Waals surface area contributed by atoms with E-state index in [0.717, 1.165) is 10.6 Å². The smallest absolute Gasteiger partial charge is 0.280 e. The van der Waals surface area contributed by atoms with Crippen molar-refractivity contribution in [2.75, 3.05) is 19.4 Å². The normalized spacial score (nSPS) is 10.3.